The van der Waals surface area contributed by atoms with Crippen LogP contribution >= 0.6 is 0 Å². The van der Waals surface area contributed by atoms with E-state index in [1.54, 1.807) is 6.20 Å². The molecule has 0 spiro atoms. The van der Waals surface area contributed by atoms with Gasteiger partial charge in [-0.15, -0.1) is 0 Å². The first kappa shape index (κ1) is 42.2. The molecule has 0 saturated carbocycles. The second-order valence-corrected chi connectivity index (χ2v) is 8.86. The minimum absolute atomic E-state index is 0. The normalized spacial score (nSPS) is 12.7. The zero-order chi connectivity index (χ0) is 25.8. The Bertz CT molecular complexity index is 607. The van der Waals surface area contributed by atoms with E-state index >= 15 is 0 Å². The van der Waals surface area contributed by atoms with Crippen LogP contribution in [0.25, 0.3) is 0 Å². The number of nitrogens with zero attached hydrogens (tertiary/aromatic N) is 4. The Labute approximate surface area is 215 Å². The van der Waals surface area contributed by atoms with Gasteiger partial charge in [-0.3, -0.25) is 14.7 Å². The molecule has 202 valence electrons. The molecule has 34 heavy (non-hydrogen) atoms. The minimum Gasteiger partial charge on any atom is -0.289 e. The van der Waals surface area contributed by atoms with Gasteiger partial charge in [-0.2, -0.15) is 5.10 Å². The molecule has 0 radical (unpaired) electrons. The summed E-state index contributed by atoms with van der Waals surface area (Å²) in [5.41, 5.74) is 3.12. The molecule has 4 heteroatoms. The first-order valence-electron chi connectivity index (χ1n) is 12.4. The van der Waals surface area contributed by atoms with Gasteiger partial charge in [0.05, 0.1) is 13.1 Å². The van der Waals surface area contributed by atoms with Crippen LogP contribution in [0.2, 0.25) is 0 Å². The SMILES string of the molecule is C.C.CC.CC.CC.CC(C)(C)C1=CCN=C1.CC(C)(C)C1=NCC=C1.CC(C)n1cccn1. The van der Waals surface area contributed by atoms with Crippen LogP contribution < -0.4 is 0 Å². The molecule has 0 amide bonds. The van der Waals surface area contributed by atoms with Crippen molar-refractivity contribution < 1.29 is 0 Å². The zero-order valence-electron chi connectivity index (χ0n) is 23.8. The van der Waals surface area contributed by atoms with Gasteiger partial charge >= 0.3 is 0 Å². The smallest absolute Gasteiger partial charge is 0.0577 e. The average Bonchev–Trinajstić information content (AvgIpc) is 3.56. The molecule has 4 nitrogen and oxygen atoms in total. The number of aliphatic imine (C=N–C) groups is 2. The van der Waals surface area contributed by atoms with Crippen LogP contribution in [0.4, 0.5) is 0 Å². The summed E-state index contributed by atoms with van der Waals surface area (Å²) in [5, 5.41) is 4.03. The van der Waals surface area contributed by atoms with Crippen molar-refractivity contribution in [3.05, 3.63) is 42.3 Å². The van der Waals surface area contributed by atoms with Crippen molar-refractivity contribution in [3.8, 4) is 0 Å². The molecule has 0 N–H and O–H groups in total. The third-order valence-corrected chi connectivity index (χ3v) is 3.98. The maximum absolute atomic E-state index is 4.31. The molecule has 0 unspecified atom stereocenters. The quantitative estimate of drug-likeness (QED) is 0.396. The summed E-state index contributed by atoms with van der Waals surface area (Å²) in [5.74, 6) is 0. The van der Waals surface area contributed by atoms with Gasteiger partial charge in [0.2, 0.25) is 0 Å². The minimum atomic E-state index is 0. The fourth-order valence-electron chi connectivity index (χ4n) is 2.30. The lowest BCUT2D eigenvalue weighted by molar-refractivity contribution is 0.527. The lowest BCUT2D eigenvalue weighted by Gasteiger charge is -2.16. The van der Waals surface area contributed by atoms with E-state index in [2.05, 4.69) is 88.7 Å². The second-order valence-electron chi connectivity index (χ2n) is 8.86. The van der Waals surface area contributed by atoms with E-state index in [0.717, 1.165) is 13.1 Å². The largest absolute Gasteiger partial charge is 0.289 e. The summed E-state index contributed by atoms with van der Waals surface area (Å²) in [6.07, 6.45) is 12.1. The summed E-state index contributed by atoms with van der Waals surface area (Å²) in [6, 6.07) is 2.42. The van der Waals surface area contributed by atoms with Crippen molar-refractivity contribution in [1.29, 1.82) is 0 Å². The molecule has 2 aliphatic rings. The lowest BCUT2D eigenvalue weighted by Crippen LogP contribution is -2.16. The molecule has 0 aliphatic carbocycles. The Morgan fingerprint density at radius 3 is 1.53 bits per heavy atom. The summed E-state index contributed by atoms with van der Waals surface area (Å²) in [4.78, 5) is 8.43. The molecule has 1 aromatic rings. The van der Waals surface area contributed by atoms with E-state index in [0.29, 0.717) is 11.5 Å². The van der Waals surface area contributed by atoms with Crippen LogP contribution in [-0.2, 0) is 0 Å². The van der Waals surface area contributed by atoms with Crippen LogP contribution in [0.1, 0.15) is 118 Å². The standard InChI is InChI=1S/2C8H13N.C6H10N2.3C2H6.2CH4/c1-8(2,3)7-4-5-9-6-7;1-8(2,3)7-5-4-6-9-7;1-6(2)8-5-3-4-7-8;3*1-2;;/h4,6H,5H2,1-3H3;4-5H,6H2,1-3H3;3-6H,1-2H3;3*1-2H3;2*1H4. The molecule has 0 aromatic carbocycles. The van der Waals surface area contributed by atoms with Gasteiger partial charge in [-0.1, -0.05) is 110 Å². The molecule has 3 heterocycles. The molecule has 0 atom stereocenters. The van der Waals surface area contributed by atoms with Gasteiger partial charge < -0.3 is 0 Å². The predicted octanol–water partition coefficient (Wildman–Crippen LogP) is 9.90. The van der Waals surface area contributed by atoms with Gasteiger partial charge in [0.25, 0.3) is 0 Å². The number of allylic oxidation sites excluding steroid dienone is 2. The Morgan fingerprint density at radius 2 is 1.35 bits per heavy atom. The molecular weight excluding hydrogens is 416 g/mol. The number of hydrogen-bond donors (Lipinski definition) is 0. The van der Waals surface area contributed by atoms with Crippen molar-refractivity contribution in [3.63, 3.8) is 0 Å². The molecule has 0 saturated heterocycles. The fourth-order valence-corrected chi connectivity index (χ4v) is 2.30. The van der Waals surface area contributed by atoms with E-state index in [-0.39, 0.29) is 20.3 Å². The monoisotopic (exact) mass is 478 g/mol. The molecule has 0 fully saturated rings. The van der Waals surface area contributed by atoms with Gasteiger partial charge in [-0.05, 0) is 37.0 Å². The lowest BCUT2D eigenvalue weighted by atomic mass is 9.88. The van der Waals surface area contributed by atoms with E-state index < -0.39 is 0 Å². The Hall–Kier alpha value is -1.97. The third kappa shape index (κ3) is 20.6. The van der Waals surface area contributed by atoms with Crippen LogP contribution in [0, 0.1) is 10.8 Å². The maximum Gasteiger partial charge on any atom is 0.0577 e. The highest BCUT2D eigenvalue weighted by molar-refractivity contribution is 6.00. The van der Waals surface area contributed by atoms with Gasteiger partial charge in [0, 0.05) is 35.8 Å². The van der Waals surface area contributed by atoms with Crippen LogP contribution in [0.15, 0.2) is 52.2 Å². The topological polar surface area (TPSA) is 42.5 Å². The highest BCUT2D eigenvalue weighted by Crippen LogP contribution is 2.25. The molecular formula is C30H62N4. The van der Waals surface area contributed by atoms with Crippen molar-refractivity contribution in [1.82, 2.24) is 9.78 Å². The maximum atomic E-state index is 4.31. The highest BCUT2D eigenvalue weighted by atomic mass is 15.3. The van der Waals surface area contributed by atoms with Gasteiger partial charge in [0.15, 0.2) is 0 Å². The van der Waals surface area contributed by atoms with Gasteiger partial charge in [0.1, 0.15) is 0 Å². The Balaban J connectivity index is -0.000000108. The fraction of sp³-hybridized carbons (Fsp3) is 0.700. The van der Waals surface area contributed by atoms with E-state index in [1.807, 2.05) is 64.7 Å². The number of hydrogen-bond acceptors (Lipinski definition) is 3. The first-order valence-corrected chi connectivity index (χ1v) is 12.4. The molecule has 0 bridgehead atoms. The molecule has 2 aliphatic heterocycles. The Kier molecular flexibility index (Phi) is 30.0. The van der Waals surface area contributed by atoms with E-state index in [9.17, 15) is 0 Å². The van der Waals surface area contributed by atoms with Gasteiger partial charge in [-0.25, -0.2) is 0 Å². The summed E-state index contributed by atoms with van der Waals surface area (Å²) >= 11 is 0. The third-order valence-electron chi connectivity index (χ3n) is 3.98. The van der Waals surface area contributed by atoms with Crippen molar-refractivity contribution >= 4 is 11.9 Å². The Morgan fingerprint density at radius 1 is 0.824 bits per heavy atom. The van der Waals surface area contributed by atoms with Crippen LogP contribution in [0.3, 0.4) is 0 Å². The van der Waals surface area contributed by atoms with Crippen LogP contribution in [0.5, 0.6) is 0 Å². The predicted molar refractivity (Wildman–Crippen MR) is 162 cm³/mol. The summed E-state index contributed by atoms with van der Waals surface area (Å²) in [6.45, 7) is 31.1. The number of rotatable bonds is 1. The second kappa shape index (κ2) is 24.2. The van der Waals surface area contributed by atoms with Crippen molar-refractivity contribution in [2.45, 2.75) is 118 Å². The summed E-state index contributed by atoms with van der Waals surface area (Å²) < 4.78 is 1.92. The van der Waals surface area contributed by atoms with Crippen LogP contribution in [-0.4, -0.2) is 34.8 Å². The molecule has 1 aromatic heterocycles. The highest BCUT2D eigenvalue weighted by Gasteiger charge is 2.17. The number of aromatic nitrogens is 2. The zero-order valence-corrected chi connectivity index (χ0v) is 23.8. The van der Waals surface area contributed by atoms with E-state index in [4.69, 9.17) is 0 Å². The van der Waals surface area contributed by atoms with E-state index in [1.165, 1.54) is 11.3 Å². The molecule has 3 rings (SSSR count). The summed E-state index contributed by atoms with van der Waals surface area (Å²) in [7, 11) is 0. The first-order chi connectivity index (χ1) is 15.0. The van der Waals surface area contributed by atoms with Crippen molar-refractivity contribution in [2.75, 3.05) is 13.1 Å². The average molecular weight is 479 g/mol. The van der Waals surface area contributed by atoms with Crippen molar-refractivity contribution in [2.24, 2.45) is 20.8 Å².